The molecule has 0 aliphatic rings. The van der Waals surface area contributed by atoms with Gasteiger partial charge in [-0.05, 0) is 53.2 Å². The summed E-state index contributed by atoms with van der Waals surface area (Å²) < 4.78 is 11.2. The number of aromatic nitrogens is 1. The van der Waals surface area contributed by atoms with Gasteiger partial charge in [0.05, 0.1) is 27.3 Å². The van der Waals surface area contributed by atoms with Crippen molar-refractivity contribution in [3.63, 3.8) is 0 Å². The number of nitro groups is 1. The highest BCUT2D eigenvalue weighted by molar-refractivity contribution is 9.10. The van der Waals surface area contributed by atoms with Gasteiger partial charge in [-0.1, -0.05) is 0 Å². The molecule has 4 aromatic rings. The summed E-state index contributed by atoms with van der Waals surface area (Å²) in [5, 5.41) is 14.1. The Morgan fingerprint density at radius 2 is 2.00 bits per heavy atom. The van der Waals surface area contributed by atoms with Crippen LogP contribution in [0, 0.1) is 10.1 Å². The second-order valence-corrected chi connectivity index (χ2v) is 7.76. The van der Waals surface area contributed by atoms with Crippen molar-refractivity contribution in [2.75, 3.05) is 6.61 Å². The van der Waals surface area contributed by atoms with Crippen LogP contribution in [0.15, 0.2) is 61.5 Å². The number of fused-ring (bicyclic) bond motifs is 1. The Bertz CT molecular complexity index is 1280. The number of nitrogens with zero attached hydrogens (tertiary/aromatic N) is 2. The van der Waals surface area contributed by atoms with Gasteiger partial charge in [0.1, 0.15) is 10.8 Å². The number of thiazole rings is 1. The lowest BCUT2D eigenvalue weighted by Gasteiger charge is -2.03. The predicted molar refractivity (Wildman–Crippen MR) is 115 cm³/mol. The molecule has 0 aliphatic heterocycles. The quantitative estimate of drug-likeness (QED) is 0.211. The smallest absolute Gasteiger partial charge is 0.345 e. The van der Waals surface area contributed by atoms with Gasteiger partial charge in [-0.15, -0.1) is 11.3 Å². The van der Waals surface area contributed by atoms with Gasteiger partial charge in [-0.3, -0.25) is 10.1 Å². The maximum Gasteiger partial charge on any atom is 0.345 e. The first kappa shape index (κ1) is 19.3. The summed E-state index contributed by atoms with van der Waals surface area (Å²) in [5.41, 5.74) is 1.20. The molecule has 4 rings (SSSR count). The molecule has 0 saturated carbocycles. The SMILES string of the molecule is CCOc1ccc(-c2nc(-c3cc4cc([N+](=O)[O-])cc(Br)c4oc3=O)cs2)cc1. The summed E-state index contributed by atoms with van der Waals surface area (Å²) >= 11 is 4.61. The Kier molecular flexibility index (Phi) is 5.16. The van der Waals surface area contributed by atoms with Crippen LogP contribution < -0.4 is 10.4 Å². The Morgan fingerprint density at radius 3 is 2.69 bits per heavy atom. The predicted octanol–water partition coefficient (Wildman–Crippen LogP) is 5.65. The summed E-state index contributed by atoms with van der Waals surface area (Å²) in [6.45, 7) is 2.51. The van der Waals surface area contributed by atoms with Gasteiger partial charge < -0.3 is 9.15 Å². The lowest BCUT2D eigenvalue weighted by molar-refractivity contribution is -0.384. The van der Waals surface area contributed by atoms with Crippen LogP contribution in [0.2, 0.25) is 0 Å². The van der Waals surface area contributed by atoms with Crippen LogP contribution in [0.3, 0.4) is 0 Å². The zero-order chi connectivity index (χ0) is 20.5. The minimum atomic E-state index is -0.560. The van der Waals surface area contributed by atoms with Crippen LogP contribution in [-0.2, 0) is 0 Å². The number of hydrogen-bond donors (Lipinski definition) is 0. The van der Waals surface area contributed by atoms with Crippen molar-refractivity contribution in [2.24, 2.45) is 0 Å². The first-order valence-corrected chi connectivity index (χ1v) is 10.2. The maximum absolute atomic E-state index is 12.5. The first-order valence-electron chi connectivity index (χ1n) is 8.57. The molecular weight excluding hydrogens is 460 g/mol. The topological polar surface area (TPSA) is 95.5 Å². The summed E-state index contributed by atoms with van der Waals surface area (Å²) in [4.78, 5) is 27.7. The normalized spacial score (nSPS) is 11.0. The third-order valence-corrected chi connectivity index (χ3v) is 5.66. The van der Waals surface area contributed by atoms with Crippen molar-refractivity contribution in [3.05, 3.63) is 72.9 Å². The van der Waals surface area contributed by atoms with E-state index in [4.69, 9.17) is 9.15 Å². The van der Waals surface area contributed by atoms with Crippen molar-refractivity contribution >= 4 is 43.9 Å². The minimum absolute atomic E-state index is 0.0995. The van der Waals surface area contributed by atoms with Gasteiger partial charge in [-0.25, -0.2) is 9.78 Å². The van der Waals surface area contributed by atoms with E-state index in [2.05, 4.69) is 20.9 Å². The number of halogens is 1. The van der Waals surface area contributed by atoms with Gasteiger partial charge in [0.25, 0.3) is 5.69 Å². The molecule has 0 spiro atoms. The summed E-state index contributed by atoms with van der Waals surface area (Å²) in [7, 11) is 0. The van der Waals surface area contributed by atoms with E-state index in [1.54, 1.807) is 11.4 Å². The van der Waals surface area contributed by atoms with Crippen LogP contribution in [0.1, 0.15) is 6.92 Å². The molecule has 0 unspecified atom stereocenters. The van der Waals surface area contributed by atoms with E-state index in [9.17, 15) is 14.9 Å². The number of nitro benzene ring substituents is 1. The van der Waals surface area contributed by atoms with E-state index in [1.165, 1.54) is 23.5 Å². The largest absolute Gasteiger partial charge is 0.494 e. The molecule has 0 N–H and O–H groups in total. The van der Waals surface area contributed by atoms with Gasteiger partial charge in [-0.2, -0.15) is 0 Å². The average Bonchev–Trinajstić information content (AvgIpc) is 3.18. The molecule has 2 aromatic heterocycles. The second kappa shape index (κ2) is 7.76. The molecule has 146 valence electrons. The number of ether oxygens (including phenoxy) is 1. The Balaban J connectivity index is 1.76. The zero-order valence-electron chi connectivity index (χ0n) is 15.0. The van der Waals surface area contributed by atoms with E-state index in [0.717, 1.165) is 16.3 Å². The maximum atomic E-state index is 12.5. The molecule has 0 fully saturated rings. The van der Waals surface area contributed by atoms with Gasteiger partial charge in [0.15, 0.2) is 5.58 Å². The molecule has 0 saturated heterocycles. The lowest BCUT2D eigenvalue weighted by atomic mass is 10.1. The van der Waals surface area contributed by atoms with Crippen molar-refractivity contribution in [3.8, 4) is 27.6 Å². The van der Waals surface area contributed by atoms with Gasteiger partial charge >= 0.3 is 5.63 Å². The third kappa shape index (κ3) is 3.79. The molecule has 29 heavy (non-hydrogen) atoms. The highest BCUT2D eigenvalue weighted by Crippen LogP contribution is 2.33. The average molecular weight is 473 g/mol. The minimum Gasteiger partial charge on any atom is -0.494 e. The van der Waals surface area contributed by atoms with Crippen molar-refractivity contribution < 1.29 is 14.1 Å². The van der Waals surface area contributed by atoms with E-state index in [-0.39, 0.29) is 16.8 Å². The molecule has 2 heterocycles. The van der Waals surface area contributed by atoms with E-state index < -0.39 is 10.5 Å². The standard InChI is InChI=1S/C20H13BrN2O5S/c1-2-27-14-5-3-11(4-6-14)19-22-17(10-29-19)15-8-12-7-13(23(25)26)9-16(21)18(12)28-20(15)24/h3-10H,2H2,1H3. The van der Waals surface area contributed by atoms with Crippen molar-refractivity contribution in [1.82, 2.24) is 4.98 Å². The highest BCUT2D eigenvalue weighted by Gasteiger charge is 2.17. The van der Waals surface area contributed by atoms with Crippen LogP contribution >= 0.6 is 27.3 Å². The Morgan fingerprint density at radius 1 is 1.24 bits per heavy atom. The zero-order valence-corrected chi connectivity index (χ0v) is 17.5. The summed E-state index contributed by atoms with van der Waals surface area (Å²) in [6.07, 6.45) is 0. The van der Waals surface area contributed by atoms with E-state index in [1.807, 2.05) is 31.2 Å². The van der Waals surface area contributed by atoms with Crippen LogP contribution in [-0.4, -0.2) is 16.5 Å². The van der Waals surface area contributed by atoms with Crippen molar-refractivity contribution in [2.45, 2.75) is 6.92 Å². The molecular formula is C20H13BrN2O5S. The fourth-order valence-electron chi connectivity index (χ4n) is 2.85. The van der Waals surface area contributed by atoms with Crippen LogP contribution in [0.5, 0.6) is 5.75 Å². The fourth-order valence-corrected chi connectivity index (χ4v) is 4.22. The lowest BCUT2D eigenvalue weighted by Crippen LogP contribution is -2.03. The molecule has 0 aliphatic carbocycles. The van der Waals surface area contributed by atoms with Crippen LogP contribution in [0.25, 0.3) is 32.8 Å². The van der Waals surface area contributed by atoms with Gasteiger partial charge in [0, 0.05) is 28.5 Å². The number of rotatable bonds is 5. The van der Waals surface area contributed by atoms with E-state index >= 15 is 0 Å². The highest BCUT2D eigenvalue weighted by atomic mass is 79.9. The number of benzene rings is 2. The number of non-ortho nitro benzene ring substituents is 1. The molecule has 0 atom stereocenters. The number of hydrogen-bond acceptors (Lipinski definition) is 7. The van der Waals surface area contributed by atoms with Crippen LogP contribution in [0.4, 0.5) is 5.69 Å². The van der Waals surface area contributed by atoms with Gasteiger partial charge in [0.2, 0.25) is 0 Å². The van der Waals surface area contributed by atoms with E-state index in [0.29, 0.717) is 22.2 Å². The molecule has 9 heteroatoms. The third-order valence-electron chi connectivity index (χ3n) is 4.17. The Hall–Kier alpha value is -3.04. The monoisotopic (exact) mass is 472 g/mol. The fraction of sp³-hybridized carbons (Fsp3) is 0.100. The second-order valence-electron chi connectivity index (χ2n) is 6.05. The molecule has 0 bridgehead atoms. The van der Waals surface area contributed by atoms with Crippen molar-refractivity contribution in [1.29, 1.82) is 0 Å². The molecule has 7 nitrogen and oxygen atoms in total. The summed E-state index contributed by atoms with van der Waals surface area (Å²) in [6, 6.07) is 11.8. The summed E-state index contributed by atoms with van der Waals surface area (Å²) in [5.74, 6) is 0.773. The molecule has 2 aromatic carbocycles. The first-order chi connectivity index (χ1) is 14.0. The molecule has 0 radical (unpaired) electrons. The molecule has 0 amide bonds. The Labute approximate surface area is 176 Å².